The summed E-state index contributed by atoms with van der Waals surface area (Å²) in [6.45, 7) is 0.433. The lowest BCUT2D eigenvalue weighted by Gasteiger charge is -2.06. The first-order valence-electron chi connectivity index (χ1n) is 4.84. The van der Waals surface area contributed by atoms with Crippen LogP contribution >= 0.6 is 0 Å². The third kappa shape index (κ3) is 3.18. The van der Waals surface area contributed by atoms with Crippen LogP contribution in [-0.4, -0.2) is 30.3 Å². The summed E-state index contributed by atoms with van der Waals surface area (Å²) in [5, 5.41) is 22.3. The maximum Gasteiger partial charge on any atom is 0.311 e. The Morgan fingerprint density at radius 2 is 2.31 bits per heavy atom. The number of hydrogen-bond acceptors (Lipinski definition) is 5. The summed E-state index contributed by atoms with van der Waals surface area (Å²) in [7, 11) is 1.77. The van der Waals surface area contributed by atoms with Crippen LogP contribution in [0.4, 0.5) is 5.69 Å². The van der Waals surface area contributed by atoms with E-state index in [-0.39, 0.29) is 24.7 Å². The predicted octanol–water partition coefficient (Wildman–Crippen LogP) is 0.685. The molecule has 88 valence electrons. The van der Waals surface area contributed by atoms with E-state index in [1.807, 2.05) is 0 Å². The molecule has 1 aromatic carbocycles. The molecule has 0 spiro atoms. The third-order valence-electron chi connectivity index (χ3n) is 1.95. The highest BCUT2D eigenvalue weighted by atomic mass is 16.6. The Morgan fingerprint density at radius 1 is 1.56 bits per heavy atom. The summed E-state index contributed by atoms with van der Waals surface area (Å²) >= 11 is 0. The fraction of sp³-hybridized carbons (Fsp3) is 0.400. The summed E-state index contributed by atoms with van der Waals surface area (Å²) < 4.78 is 5.07. The molecule has 6 heteroatoms. The third-order valence-corrected chi connectivity index (χ3v) is 1.95. The maximum absolute atomic E-state index is 10.8. The lowest BCUT2D eigenvalue weighted by atomic mass is 10.2. The van der Waals surface area contributed by atoms with Crippen LogP contribution in [0.3, 0.4) is 0 Å². The molecule has 0 aliphatic carbocycles. The zero-order valence-corrected chi connectivity index (χ0v) is 8.97. The van der Waals surface area contributed by atoms with E-state index in [1.165, 1.54) is 6.07 Å². The van der Waals surface area contributed by atoms with Crippen molar-refractivity contribution in [1.82, 2.24) is 5.32 Å². The van der Waals surface area contributed by atoms with Gasteiger partial charge < -0.3 is 15.2 Å². The summed E-state index contributed by atoms with van der Waals surface area (Å²) in [4.78, 5) is 10.3. The van der Waals surface area contributed by atoms with E-state index in [2.05, 4.69) is 5.32 Å². The van der Waals surface area contributed by atoms with Gasteiger partial charge in [0.05, 0.1) is 11.5 Å². The minimum Gasteiger partial charge on any atom is -0.484 e. The Morgan fingerprint density at radius 3 is 2.88 bits per heavy atom. The highest BCUT2D eigenvalue weighted by molar-refractivity contribution is 5.48. The molecule has 0 amide bonds. The largest absolute Gasteiger partial charge is 0.484 e. The van der Waals surface area contributed by atoms with Crippen LogP contribution in [0, 0.1) is 10.1 Å². The van der Waals surface area contributed by atoms with Crippen molar-refractivity contribution in [3.63, 3.8) is 0 Å². The molecule has 0 saturated carbocycles. The minimum atomic E-state index is -0.494. The standard InChI is InChI=1S/C10H14N2O4/c1-11-7-8-2-3-10(16-5-4-13)9(6-8)12(14)15/h2-3,6,11,13H,4-5,7H2,1H3. The molecule has 0 heterocycles. The molecule has 0 fully saturated rings. The van der Waals surface area contributed by atoms with Crippen molar-refractivity contribution in [1.29, 1.82) is 0 Å². The van der Waals surface area contributed by atoms with Crippen LogP contribution in [-0.2, 0) is 6.54 Å². The molecule has 0 atom stereocenters. The number of benzene rings is 1. The smallest absolute Gasteiger partial charge is 0.311 e. The molecular formula is C10H14N2O4. The summed E-state index contributed by atoms with van der Waals surface area (Å²) in [6, 6.07) is 4.75. The minimum absolute atomic E-state index is 0.0478. The average molecular weight is 226 g/mol. The van der Waals surface area contributed by atoms with Gasteiger partial charge in [0.15, 0.2) is 5.75 Å². The molecule has 1 rings (SSSR count). The molecule has 0 radical (unpaired) electrons. The van der Waals surface area contributed by atoms with Crippen LogP contribution in [0.15, 0.2) is 18.2 Å². The molecular weight excluding hydrogens is 212 g/mol. The van der Waals surface area contributed by atoms with Crippen molar-refractivity contribution >= 4 is 5.69 Å². The zero-order valence-electron chi connectivity index (χ0n) is 8.97. The van der Waals surface area contributed by atoms with E-state index >= 15 is 0 Å². The Kier molecular flexibility index (Phi) is 4.68. The lowest BCUT2D eigenvalue weighted by Crippen LogP contribution is -2.07. The summed E-state index contributed by atoms with van der Waals surface area (Å²) in [5.41, 5.74) is 0.728. The molecule has 0 bridgehead atoms. The molecule has 16 heavy (non-hydrogen) atoms. The first-order chi connectivity index (χ1) is 7.69. The number of nitro groups is 1. The molecule has 0 aromatic heterocycles. The van der Waals surface area contributed by atoms with Crippen LogP contribution in [0.25, 0.3) is 0 Å². The van der Waals surface area contributed by atoms with Crippen LogP contribution < -0.4 is 10.1 Å². The van der Waals surface area contributed by atoms with Gasteiger partial charge in [-0.15, -0.1) is 0 Å². The number of nitro benzene ring substituents is 1. The second-order valence-corrected chi connectivity index (χ2v) is 3.16. The molecule has 0 saturated heterocycles. The topological polar surface area (TPSA) is 84.6 Å². The monoisotopic (exact) mass is 226 g/mol. The maximum atomic E-state index is 10.8. The molecule has 0 aliphatic rings. The first kappa shape index (κ1) is 12.4. The van der Waals surface area contributed by atoms with E-state index in [9.17, 15) is 10.1 Å². The van der Waals surface area contributed by atoms with Crippen LogP contribution in [0.1, 0.15) is 5.56 Å². The van der Waals surface area contributed by atoms with E-state index in [0.717, 1.165) is 5.56 Å². The molecule has 6 nitrogen and oxygen atoms in total. The molecule has 1 aromatic rings. The van der Waals surface area contributed by atoms with Crippen molar-refractivity contribution < 1.29 is 14.8 Å². The van der Waals surface area contributed by atoms with Crippen LogP contribution in [0.2, 0.25) is 0 Å². The van der Waals surface area contributed by atoms with E-state index in [1.54, 1.807) is 19.2 Å². The average Bonchev–Trinajstić information content (AvgIpc) is 2.27. The van der Waals surface area contributed by atoms with Gasteiger partial charge in [0, 0.05) is 12.6 Å². The predicted molar refractivity (Wildman–Crippen MR) is 58.4 cm³/mol. The van der Waals surface area contributed by atoms with Crippen molar-refractivity contribution in [2.24, 2.45) is 0 Å². The number of rotatable bonds is 6. The van der Waals surface area contributed by atoms with Gasteiger partial charge in [-0.1, -0.05) is 6.07 Å². The number of nitrogens with one attached hydrogen (secondary N) is 1. The van der Waals surface area contributed by atoms with Gasteiger partial charge in [0.2, 0.25) is 0 Å². The second kappa shape index (κ2) is 6.04. The number of ether oxygens (including phenoxy) is 1. The Bertz CT molecular complexity index is 368. The first-order valence-corrected chi connectivity index (χ1v) is 4.84. The van der Waals surface area contributed by atoms with Gasteiger partial charge in [-0.25, -0.2) is 0 Å². The lowest BCUT2D eigenvalue weighted by molar-refractivity contribution is -0.385. The fourth-order valence-corrected chi connectivity index (χ4v) is 1.30. The Labute approximate surface area is 93.0 Å². The normalized spacial score (nSPS) is 10.1. The number of aliphatic hydroxyl groups excluding tert-OH is 1. The van der Waals surface area contributed by atoms with Gasteiger partial charge in [-0.05, 0) is 18.7 Å². The molecule has 0 unspecified atom stereocenters. The molecule has 0 aliphatic heterocycles. The second-order valence-electron chi connectivity index (χ2n) is 3.16. The van der Waals surface area contributed by atoms with Gasteiger partial charge in [0.25, 0.3) is 0 Å². The van der Waals surface area contributed by atoms with Crippen molar-refractivity contribution in [3.05, 3.63) is 33.9 Å². The SMILES string of the molecule is CNCc1ccc(OCCO)c([N+](=O)[O-])c1. The summed E-state index contributed by atoms with van der Waals surface area (Å²) in [6.07, 6.45) is 0. The highest BCUT2D eigenvalue weighted by Gasteiger charge is 2.15. The number of hydrogen-bond donors (Lipinski definition) is 2. The quantitative estimate of drug-likeness (QED) is 0.550. The fourth-order valence-electron chi connectivity index (χ4n) is 1.30. The van der Waals surface area contributed by atoms with Gasteiger partial charge >= 0.3 is 5.69 Å². The Hall–Kier alpha value is -1.66. The van der Waals surface area contributed by atoms with E-state index in [4.69, 9.17) is 9.84 Å². The van der Waals surface area contributed by atoms with E-state index < -0.39 is 4.92 Å². The summed E-state index contributed by atoms with van der Waals surface area (Å²) in [5.74, 6) is 0.180. The van der Waals surface area contributed by atoms with E-state index in [0.29, 0.717) is 6.54 Å². The number of nitrogens with zero attached hydrogens (tertiary/aromatic N) is 1. The van der Waals surface area contributed by atoms with Gasteiger partial charge in [-0.3, -0.25) is 10.1 Å². The Balaban J connectivity index is 2.94. The van der Waals surface area contributed by atoms with Crippen molar-refractivity contribution in [2.75, 3.05) is 20.3 Å². The molecule has 2 N–H and O–H groups in total. The highest BCUT2D eigenvalue weighted by Crippen LogP contribution is 2.27. The number of aliphatic hydroxyl groups is 1. The van der Waals surface area contributed by atoms with Gasteiger partial charge in [0.1, 0.15) is 6.61 Å². The zero-order chi connectivity index (χ0) is 12.0. The van der Waals surface area contributed by atoms with Crippen molar-refractivity contribution in [3.8, 4) is 5.75 Å². The van der Waals surface area contributed by atoms with Crippen molar-refractivity contribution in [2.45, 2.75) is 6.54 Å². The van der Waals surface area contributed by atoms with Crippen LogP contribution in [0.5, 0.6) is 5.75 Å². The van der Waals surface area contributed by atoms with Gasteiger partial charge in [-0.2, -0.15) is 0 Å².